The number of hydrogen-bond acceptors (Lipinski definition) is 2. The number of fused-ring (bicyclic) bond motifs is 1. The molecule has 1 heterocycles. The minimum atomic E-state index is 1.06. The Hall–Kier alpha value is -1.93. The first-order valence-corrected chi connectivity index (χ1v) is 7.29. The molecule has 0 radical (unpaired) electrons. The average molecular weight is 265 g/mol. The first-order valence-electron chi connectivity index (χ1n) is 6.48. The van der Waals surface area contributed by atoms with E-state index in [1.807, 2.05) is 6.07 Å². The number of thiazole rings is 1. The van der Waals surface area contributed by atoms with E-state index in [0.29, 0.717) is 0 Å². The fraction of sp³-hybridized carbons (Fsp3) is 0.118. The molecule has 2 aromatic carbocycles. The Morgan fingerprint density at radius 3 is 2.53 bits per heavy atom. The summed E-state index contributed by atoms with van der Waals surface area (Å²) in [7, 11) is 0. The van der Waals surface area contributed by atoms with E-state index in [0.717, 1.165) is 16.9 Å². The molecule has 0 N–H and O–H groups in total. The predicted octanol–water partition coefficient (Wildman–Crippen LogP) is 5.03. The Labute approximate surface area is 117 Å². The van der Waals surface area contributed by atoms with Crippen LogP contribution in [0.4, 0.5) is 0 Å². The van der Waals surface area contributed by atoms with Gasteiger partial charge in [0.25, 0.3) is 0 Å². The predicted molar refractivity (Wildman–Crippen MR) is 84.4 cm³/mol. The Balaban J connectivity index is 1.84. The SMILES string of the molecule is CCc1ccc(C=Cc2nc3ccccc3s2)cc1. The van der Waals surface area contributed by atoms with E-state index in [1.165, 1.54) is 15.8 Å². The highest BCUT2D eigenvalue weighted by atomic mass is 32.1. The van der Waals surface area contributed by atoms with Crippen LogP contribution in [0.25, 0.3) is 22.4 Å². The minimum Gasteiger partial charge on any atom is -0.237 e. The molecule has 0 spiro atoms. The third-order valence-corrected chi connectivity index (χ3v) is 4.12. The molecule has 0 saturated heterocycles. The molecule has 1 nitrogen and oxygen atoms in total. The Morgan fingerprint density at radius 2 is 1.79 bits per heavy atom. The molecule has 94 valence electrons. The van der Waals surface area contributed by atoms with Crippen LogP contribution in [0.15, 0.2) is 48.5 Å². The molecule has 0 aliphatic heterocycles. The van der Waals surface area contributed by atoms with E-state index in [-0.39, 0.29) is 0 Å². The zero-order valence-electron chi connectivity index (χ0n) is 10.8. The molecule has 3 rings (SSSR count). The molecule has 2 heteroatoms. The smallest absolute Gasteiger partial charge is 0.117 e. The van der Waals surface area contributed by atoms with Gasteiger partial charge in [0.2, 0.25) is 0 Å². The summed E-state index contributed by atoms with van der Waals surface area (Å²) in [6.07, 6.45) is 5.30. The van der Waals surface area contributed by atoms with Gasteiger partial charge in [0, 0.05) is 0 Å². The van der Waals surface area contributed by atoms with Gasteiger partial charge < -0.3 is 0 Å². The molecule has 0 bridgehead atoms. The molecule has 0 fully saturated rings. The highest BCUT2D eigenvalue weighted by molar-refractivity contribution is 7.19. The Bertz CT molecular complexity index is 674. The molecule has 3 aromatic rings. The van der Waals surface area contributed by atoms with Crippen LogP contribution in [0, 0.1) is 0 Å². The van der Waals surface area contributed by atoms with Crippen molar-refractivity contribution in [3.8, 4) is 0 Å². The van der Waals surface area contributed by atoms with Crippen LogP contribution in [0.2, 0.25) is 0 Å². The molecule has 0 unspecified atom stereocenters. The molecule has 1 aromatic heterocycles. The second-order valence-electron chi connectivity index (χ2n) is 4.45. The Morgan fingerprint density at radius 1 is 1.00 bits per heavy atom. The maximum Gasteiger partial charge on any atom is 0.117 e. The van der Waals surface area contributed by atoms with Gasteiger partial charge >= 0.3 is 0 Å². The van der Waals surface area contributed by atoms with Gasteiger partial charge in [-0.25, -0.2) is 4.98 Å². The van der Waals surface area contributed by atoms with E-state index in [9.17, 15) is 0 Å². The van der Waals surface area contributed by atoms with Crippen molar-refractivity contribution in [3.63, 3.8) is 0 Å². The van der Waals surface area contributed by atoms with E-state index in [1.54, 1.807) is 11.3 Å². The fourth-order valence-corrected chi connectivity index (χ4v) is 2.86. The van der Waals surface area contributed by atoms with E-state index >= 15 is 0 Å². The van der Waals surface area contributed by atoms with Gasteiger partial charge in [-0.05, 0) is 35.8 Å². The topological polar surface area (TPSA) is 12.9 Å². The molecule has 19 heavy (non-hydrogen) atoms. The second kappa shape index (κ2) is 5.37. The zero-order chi connectivity index (χ0) is 13.1. The summed E-state index contributed by atoms with van der Waals surface area (Å²) in [4.78, 5) is 4.59. The van der Waals surface area contributed by atoms with Crippen LogP contribution >= 0.6 is 11.3 Å². The second-order valence-corrected chi connectivity index (χ2v) is 5.51. The number of hydrogen-bond donors (Lipinski definition) is 0. The van der Waals surface area contributed by atoms with Gasteiger partial charge in [0.1, 0.15) is 5.01 Å². The van der Waals surface area contributed by atoms with Crippen LogP contribution in [-0.4, -0.2) is 4.98 Å². The number of nitrogens with zero attached hydrogens (tertiary/aromatic N) is 1. The van der Waals surface area contributed by atoms with Crippen molar-refractivity contribution < 1.29 is 0 Å². The molecule has 0 aliphatic carbocycles. The van der Waals surface area contributed by atoms with Crippen molar-refractivity contribution in [1.29, 1.82) is 0 Å². The monoisotopic (exact) mass is 265 g/mol. The van der Waals surface area contributed by atoms with E-state index < -0.39 is 0 Å². The van der Waals surface area contributed by atoms with Gasteiger partial charge in [0.05, 0.1) is 10.2 Å². The largest absolute Gasteiger partial charge is 0.237 e. The summed E-state index contributed by atoms with van der Waals surface area (Å²) in [6.45, 7) is 2.17. The van der Waals surface area contributed by atoms with Gasteiger partial charge in [-0.1, -0.05) is 49.4 Å². The summed E-state index contributed by atoms with van der Waals surface area (Å²) in [5, 5.41) is 1.06. The van der Waals surface area contributed by atoms with Crippen LogP contribution in [0.1, 0.15) is 23.1 Å². The average Bonchev–Trinajstić information content (AvgIpc) is 2.88. The summed E-state index contributed by atoms with van der Waals surface area (Å²) >= 11 is 1.73. The third kappa shape index (κ3) is 2.74. The molecular formula is C17H15NS. The van der Waals surface area contributed by atoms with E-state index in [4.69, 9.17) is 0 Å². The van der Waals surface area contributed by atoms with Crippen LogP contribution < -0.4 is 0 Å². The Kier molecular flexibility index (Phi) is 3.43. The summed E-state index contributed by atoms with van der Waals surface area (Å²) in [6, 6.07) is 16.9. The lowest BCUT2D eigenvalue weighted by molar-refractivity contribution is 1.14. The normalized spacial score (nSPS) is 11.4. The maximum absolute atomic E-state index is 4.59. The quantitative estimate of drug-likeness (QED) is 0.647. The van der Waals surface area contributed by atoms with Crippen molar-refractivity contribution in [2.24, 2.45) is 0 Å². The fourth-order valence-electron chi connectivity index (χ4n) is 1.99. The van der Waals surface area contributed by atoms with Crippen molar-refractivity contribution >= 4 is 33.7 Å². The highest BCUT2D eigenvalue weighted by Crippen LogP contribution is 2.23. The number of para-hydroxylation sites is 1. The first-order chi connectivity index (χ1) is 9.35. The highest BCUT2D eigenvalue weighted by Gasteiger charge is 1.99. The number of rotatable bonds is 3. The van der Waals surface area contributed by atoms with Gasteiger partial charge in [-0.2, -0.15) is 0 Å². The lowest BCUT2D eigenvalue weighted by Gasteiger charge is -1.96. The molecular weight excluding hydrogens is 250 g/mol. The first kappa shape index (κ1) is 12.1. The van der Waals surface area contributed by atoms with Crippen LogP contribution in [0.3, 0.4) is 0 Å². The molecule has 0 saturated carbocycles. The summed E-state index contributed by atoms with van der Waals surface area (Å²) < 4.78 is 1.24. The molecule has 0 amide bonds. The standard InChI is InChI=1S/C17H15NS/c1-2-13-7-9-14(10-8-13)11-12-17-18-15-5-3-4-6-16(15)19-17/h3-12H,2H2,1H3. The van der Waals surface area contributed by atoms with E-state index in [2.05, 4.69) is 66.5 Å². The summed E-state index contributed by atoms with van der Waals surface area (Å²) in [5.74, 6) is 0. The summed E-state index contributed by atoms with van der Waals surface area (Å²) in [5.41, 5.74) is 3.67. The van der Waals surface area contributed by atoms with Crippen molar-refractivity contribution in [1.82, 2.24) is 4.98 Å². The number of benzene rings is 2. The van der Waals surface area contributed by atoms with Crippen molar-refractivity contribution in [2.75, 3.05) is 0 Å². The lowest BCUT2D eigenvalue weighted by Crippen LogP contribution is -1.79. The molecule has 0 atom stereocenters. The van der Waals surface area contributed by atoms with Crippen molar-refractivity contribution in [3.05, 3.63) is 64.7 Å². The maximum atomic E-state index is 4.59. The third-order valence-electron chi connectivity index (χ3n) is 3.12. The lowest BCUT2D eigenvalue weighted by atomic mass is 10.1. The van der Waals surface area contributed by atoms with Gasteiger partial charge in [-0.3, -0.25) is 0 Å². The number of aryl methyl sites for hydroxylation is 1. The van der Waals surface area contributed by atoms with Crippen LogP contribution in [0.5, 0.6) is 0 Å². The minimum absolute atomic E-state index is 1.06. The number of aromatic nitrogens is 1. The molecule has 0 aliphatic rings. The van der Waals surface area contributed by atoms with Crippen molar-refractivity contribution in [2.45, 2.75) is 13.3 Å². The zero-order valence-corrected chi connectivity index (χ0v) is 11.7. The van der Waals surface area contributed by atoms with Crippen LogP contribution in [-0.2, 0) is 6.42 Å². The van der Waals surface area contributed by atoms with Gasteiger partial charge in [0.15, 0.2) is 0 Å². The van der Waals surface area contributed by atoms with Gasteiger partial charge in [-0.15, -0.1) is 11.3 Å².